The van der Waals surface area contributed by atoms with E-state index < -0.39 is 6.04 Å². The first-order chi connectivity index (χ1) is 9.69. The average molecular weight is 294 g/mol. The van der Waals surface area contributed by atoms with Crippen LogP contribution in [0.4, 0.5) is 5.69 Å². The second-order valence-corrected chi connectivity index (χ2v) is 4.82. The quantitative estimate of drug-likeness (QED) is 0.857. The number of carbonyl (C=O) groups excluding carboxylic acids is 1. The van der Waals surface area contributed by atoms with Crippen molar-refractivity contribution in [3.8, 4) is 6.07 Å². The number of rotatable bonds is 3. The van der Waals surface area contributed by atoms with Crippen molar-refractivity contribution in [2.75, 3.05) is 31.1 Å². The van der Waals surface area contributed by atoms with Gasteiger partial charge in [0, 0.05) is 19.6 Å². The molecule has 0 spiro atoms. The molecule has 1 fully saturated rings. The van der Waals surface area contributed by atoms with Crippen molar-refractivity contribution >= 4 is 23.3 Å². The third-order valence-electron chi connectivity index (χ3n) is 3.21. The summed E-state index contributed by atoms with van der Waals surface area (Å²) in [6.07, 6.45) is 0. The summed E-state index contributed by atoms with van der Waals surface area (Å²) in [4.78, 5) is 13.9. The first kappa shape index (κ1) is 14.6. The van der Waals surface area contributed by atoms with Crippen LogP contribution in [-0.2, 0) is 9.53 Å². The van der Waals surface area contributed by atoms with Gasteiger partial charge in [-0.05, 0) is 19.1 Å². The lowest BCUT2D eigenvalue weighted by molar-refractivity contribution is -0.144. The van der Waals surface area contributed by atoms with Crippen LogP contribution in [-0.4, -0.2) is 38.3 Å². The van der Waals surface area contributed by atoms with Gasteiger partial charge in [-0.2, -0.15) is 5.26 Å². The summed E-state index contributed by atoms with van der Waals surface area (Å²) < 4.78 is 5.10. The Morgan fingerprint density at radius 2 is 2.45 bits per heavy atom. The van der Waals surface area contributed by atoms with Crippen LogP contribution in [0, 0.1) is 11.3 Å². The van der Waals surface area contributed by atoms with Gasteiger partial charge in [-0.15, -0.1) is 0 Å². The van der Waals surface area contributed by atoms with Crippen molar-refractivity contribution in [2.45, 2.75) is 13.0 Å². The number of piperazine rings is 1. The molecule has 1 aromatic rings. The van der Waals surface area contributed by atoms with Crippen molar-refractivity contribution in [1.29, 1.82) is 5.26 Å². The Kier molecular flexibility index (Phi) is 4.83. The summed E-state index contributed by atoms with van der Waals surface area (Å²) in [6.45, 7) is 3.98. The SMILES string of the molecule is CCOC(=O)C1CNCCN1c1cccc(Cl)c1C#N. The highest BCUT2D eigenvalue weighted by atomic mass is 35.5. The lowest BCUT2D eigenvalue weighted by atomic mass is 10.1. The van der Waals surface area contributed by atoms with E-state index in [4.69, 9.17) is 16.3 Å². The van der Waals surface area contributed by atoms with Crippen molar-refractivity contribution in [1.82, 2.24) is 5.32 Å². The molecule has 5 nitrogen and oxygen atoms in total. The van der Waals surface area contributed by atoms with Crippen molar-refractivity contribution in [3.05, 3.63) is 28.8 Å². The number of esters is 1. The van der Waals surface area contributed by atoms with Gasteiger partial charge in [0.15, 0.2) is 0 Å². The van der Waals surface area contributed by atoms with Crippen LogP contribution in [0.5, 0.6) is 0 Å². The molecule has 106 valence electrons. The number of nitrogens with zero attached hydrogens (tertiary/aromatic N) is 2. The molecule has 0 bridgehead atoms. The van der Waals surface area contributed by atoms with Crippen LogP contribution < -0.4 is 10.2 Å². The lowest BCUT2D eigenvalue weighted by Gasteiger charge is -2.36. The Morgan fingerprint density at radius 1 is 1.65 bits per heavy atom. The summed E-state index contributed by atoms with van der Waals surface area (Å²) in [5, 5.41) is 12.8. The minimum atomic E-state index is -0.436. The fourth-order valence-corrected chi connectivity index (χ4v) is 2.52. The van der Waals surface area contributed by atoms with Gasteiger partial charge < -0.3 is 15.0 Å². The molecule has 1 saturated heterocycles. The molecular weight excluding hydrogens is 278 g/mol. The molecule has 0 aliphatic carbocycles. The van der Waals surface area contributed by atoms with Crippen molar-refractivity contribution < 1.29 is 9.53 Å². The van der Waals surface area contributed by atoms with Crippen molar-refractivity contribution in [3.63, 3.8) is 0 Å². The molecule has 1 aliphatic heterocycles. The van der Waals surface area contributed by atoms with Crippen LogP contribution in [0.3, 0.4) is 0 Å². The van der Waals surface area contributed by atoms with Gasteiger partial charge in [-0.3, -0.25) is 0 Å². The summed E-state index contributed by atoms with van der Waals surface area (Å²) in [5.74, 6) is -0.288. The number of ether oxygens (including phenoxy) is 1. The van der Waals surface area contributed by atoms with Crippen molar-refractivity contribution in [2.24, 2.45) is 0 Å². The Labute approximate surface area is 123 Å². The van der Waals surface area contributed by atoms with E-state index in [1.807, 2.05) is 11.0 Å². The normalized spacial score (nSPS) is 18.4. The highest BCUT2D eigenvalue weighted by Crippen LogP contribution is 2.28. The lowest BCUT2D eigenvalue weighted by Crippen LogP contribution is -2.55. The molecule has 1 atom stereocenters. The number of anilines is 1. The Hall–Kier alpha value is -1.77. The smallest absolute Gasteiger partial charge is 0.330 e. The minimum absolute atomic E-state index is 0.288. The Bertz CT molecular complexity index is 542. The van der Waals surface area contributed by atoms with Crippen LogP contribution >= 0.6 is 11.6 Å². The number of hydrogen-bond acceptors (Lipinski definition) is 5. The summed E-state index contributed by atoms with van der Waals surface area (Å²) in [7, 11) is 0. The van der Waals surface area contributed by atoms with Gasteiger partial charge in [0.25, 0.3) is 0 Å². The molecule has 0 radical (unpaired) electrons. The highest BCUT2D eigenvalue weighted by molar-refractivity contribution is 6.32. The van der Waals surface area contributed by atoms with Gasteiger partial charge >= 0.3 is 5.97 Å². The molecule has 20 heavy (non-hydrogen) atoms. The van der Waals surface area contributed by atoms with Gasteiger partial charge in [0.05, 0.1) is 22.9 Å². The Balaban J connectivity index is 2.36. The van der Waals surface area contributed by atoms with Gasteiger partial charge in [0.1, 0.15) is 12.1 Å². The molecule has 0 amide bonds. The Morgan fingerprint density at radius 3 is 3.15 bits per heavy atom. The van der Waals surface area contributed by atoms with E-state index in [2.05, 4.69) is 11.4 Å². The zero-order valence-corrected chi connectivity index (χ0v) is 12.0. The van der Waals surface area contributed by atoms with E-state index in [0.717, 1.165) is 6.54 Å². The number of halogens is 1. The number of hydrogen-bond donors (Lipinski definition) is 1. The molecule has 0 aromatic heterocycles. The highest BCUT2D eigenvalue weighted by Gasteiger charge is 2.31. The molecule has 0 saturated carbocycles. The van der Waals surface area contributed by atoms with Gasteiger partial charge in [-0.1, -0.05) is 17.7 Å². The van der Waals surface area contributed by atoms with E-state index in [1.54, 1.807) is 19.1 Å². The average Bonchev–Trinajstić information content (AvgIpc) is 2.47. The predicted octanol–water partition coefficient (Wildman–Crippen LogP) is 1.55. The van der Waals surface area contributed by atoms with E-state index in [-0.39, 0.29) is 5.97 Å². The third kappa shape index (κ3) is 2.87. The fraction of sp³-hybridized carbons (Fsp3) is 0.429. The van der Waals surface area contributed by atoms with Crippen LogP contribution in [0.25, 0.3) is 0 Å². The van der Waals surface area contributed by atoms with Crippen LogP contribution in [0.2, 0.25) is 5.02 Å². The summed E-state index contributed by atoms with van der Waals surface area (Å²) >= 11 is 6.06. The molecule has 6 heteroatoms. The first-order valence-electron chi connectivity index (χ1n) is 6.51. The fourth-order valence-electron chi connectivity index (χ4n) is 2.30. The largest absolute Gasteiger partial charge is 0.464 e. The number of nitriles is 1. The van der Waals surface area contributed by atoms with Gasteiger partial charge in [0.2, 0.25) is 0 Å². The van der Waals surface area contributed by atoms with E-state index in [1.165, 1.54) is 0 Å². The second-order valence-electron chi connectivity index (χ2n) is 4.41. The number of carbonyl (C=O) groups is 1. The van der Waals surface area contributed by atoms with Gasteiger partial charge in [-0.25, -0.2) is 4.79 Å². The summed E-state index contributed by atoms with van der Waals surface area (Å²) in [6, 6.07) is 6.93. The predicted molar refractivity (Wildman–Crippen MR) is 76.8 cm³/mol. The van der Waals surface area contributed by atoms with E-state index in [9.17, 15) is 10.1 Å². The first-order valence-corrected chi connectivity index (χ1v) is 6.89. The standard InChI is InChI=1S/C14H16ClN3O2/c1-2-20-14(19)13-9-17-6-7-18(13)12-5-3-4-11(15)10(12)8-16/h3-5,13,17H,2,6-7,9H2,1H3. The molecule has 1 unspecified atom stereocenters. The zero-order chi connectivity index (χ0) is 14.5. The minimum Gasteiger partial charge on any atom is -0.464 e. The second kappa shape index (κ2) is 6.60. The molecule has 1 aromatic carbocycles. The third-order valence-corrected chi connectivity index (χ3v) is 3.53. The molecule has 2 rings (SSSR count). The summed E-state index contributed by atoms with van der Waals surface area (Å²) in [5.41, 5.74) is 1.07. The van der Waals surface area contributed by atoms with E-state index in [0.29, 0.717) is 36.0 Å². The number of nitrogens with one attached hydrogen (secondary N) is 1. The molecule has 1 N–H and O–H groups in total. The van der Waals surface area contributed by atoms with E-state index >= 15 is 0 Å². The van der Waals surface area contributed by atoms with Crippen LogP contribution in [0.1, 0.15) is 12.5 Å². The maximum absolute atomic E-state index is 12.0. The maximum atomic E-state index is 12.0. The topological polar surface area (TPSA) is 65.4 Å². The zero-order valence-electron chi connectivity index (χ0n) is 11.2. The maximum Gasteiger partial charge on any atom is 0.330 e. The monoisotopic (exact) mass is 293 g/mol. The van der Waals surface area contributed by atoms with Crippen LogP contribution in [0.15, 0.2) is 18.2 Å². The molecular formula is C14H16ClN3O2. The number of benzene rings is 1. The molecule has 1 aliphatic rings. The molecule has 1 heterocycles.